The molecule has 0 saturated heterocycles. The molecule has 0 radical (unpaired) electrons. The van der Waals surface area contributed by atoms with Crippen molar-refractivity contribution < 1.29 is 17.7 Å². The second-order valence-electron chi connectivity index (χ2n) is 6.88. The Morgan fingerprint density at radius 2 is 2.00 bits per heavy atom. The van der Waals surface area contributed by atoms with E-state index >= 15 is 0 Å². The standard InChI is InChI=1S/C19H25N7O4S2/c1-5-25(6-2)32(28,29)15-9-7-8-14(11-15)17-22-23-19(26(17)20)31-13(4)18(27)21-16-10-12(3)24-30-16/h7-11,13H,5-6,20H2,1-4H3,(H,21,27). The van der Waals surface area contributed by atoms with Gasteiger partial charge in [0.1, 0.15) is 0 Å². The minimum Gasteiger partial charge on any atom is -0.338 e. The lowest BCUT2D eigenvalue weighted by Gasteiger charge is -2.18. The number of aryl methyl sites for hydroxylation is 1. The number of nitrogens with one attached hydrogen (secondary N) is 1. The number of nitrogens with zero attached hydrogens (tertiary/aromatic N) is 5. The van der Waals surface area contributed by atoms with Crippen molar-refractivity contribution in [3.63, 3.8) is 0 Å². The molecule has 0 aliphatic carbocycles. The minimum absolute atomic E-state index is 0.144. The van der Waals surface area contributed by atoms with Gasteiger partial charge in [0.05, 0.1) is 15.8 Å². The molecule has 3 rings (SSSR count). The van der Waals surface area contributed by atoms with Gasteiger partial charge in [-0.1, -0.05) is 42.9 Å². The van der Waals surface area contributed by atoms with Crippen LogP contribution in [-0.4, -0.2) is 57.0 Å². The molecule has 13 heteroatoms. The Kier molecular flexibility index (Phi) is 7.21. The van der Waals surface area contributed by atoms with Crippen LogP contribution in [0.25, 0.3) is 11.4 Å². The van der Waals surface area contributed by atoms with Crippen molar-refractivity contribution in [3.05, 3.63) is 36.0 Å². The van der Waals surface area contributed by atoms with Gasteiger partial charge in [-0.15, -0.1) is 10.2 Å². The SMILES string of the molecule is CCN(CC)S(=O)(=O)c1cccc(-c2nnc(SC(C)C(=O)Nc3cc(C)no3)n2N)c1. The van der Waals surface area contributed by atoms with E-state index in [1.807, 2.05) is 0 Å². The third kappa shape index (κ3) is 4.95. The topological polar surface area (TPSA) is 149 Å². The minimum atomic E-state index is -3.63. The van der Waals surface area contributed by atoms with Crippen LogP contribution >= 0.6 is 11.8 Å². The van der Waals surface area contributed by atoms with Crippen molar-refractivity contribution in [2.24, 2.45) is 0 Å². The largest absolute Gasteiger partial charge is 0.338 e. The van der Waals surface area contributed by atoms with Gasteiger partial charge in [0.15, 0.2) is 5.82 Å². The van der Waals surface area contributed by atoms with Crippen LogP contribution in [0.1, 0.15) is 26.5 Å². The molecule has 1 atom stereocenters. The molecule has 3 N–H and O–H groups in total. The van der Waals surface area contributed by atoms with Gasteiger partial charge in [-0.05, 0) is 26.0 Å². The number of sulfonamides is 1. The summed E-state index contributed by atoms with van der Waals surface area (Å²) in [4.78, 5) is 12.5. The predicted octanol–water partition coefficient (Wildman–Crippen LogP) is 2.11. The number of nitrogen functional groups attached to an aromatic ring is 1. The van der Waals surface area contributed by atoms with Gasteiger partial charge in [-0.2, -0.15) is 4.31 Å². The number of amides is 1. The number of carbonyl (C=O) groups is 1. The third-order valence-corrected chi connectivity index (χ3v) is 7.73. The summed E-state index contributed by atoms with van der Waals surface area (Å²) in [5.41, 5.74) is 1.14. The quantitative estimate of drug-likeness (QED) is 0.347. The Morgan fingerprint density at radius 3 is 2.62 bits per heavy atom. The van der Waals surface area contributed by atoms with Crippen molar-refractivity contribution in [3.8, 4) is 11.4 Å². The molecular weight excluding hydrogens is 454 g/mol. The van der Waals surface area contributed by atoms with Crippen LogP contribution in [0.2, 0.25) is 0 Å². The van der Waals surface area contributed by atoms with E-state index in [1.54, 1.807) is 45.9 Å². The summed E-state index contributed by atoms with van der Waals surface area (Å²) >= 11 is 1.11. The van der Waals surface area contributed by atoms with Crippen LogP contribution in [0, 0.1) is 6.92 Å². The molecule has 1 aromatic carbocycles. The Bertz CT molecular complexity index is 1200. The second-order valence-corrected chi connectivity index (χ2v) is 10.1. The molecule has 0 aliphatic rings. The molecule has 0 bridgehead atoms. The maximum Gasteiger partial charge on any atom is 0.243 e. The Labute approximate surface area is 190 Å². The first-order valence-corrected chi connectivity index (χ1v) is 12.2. The Morgan fingerprint density at radius 1 is 1.28 bits per heavy atom. The highest BCUT2D eigenvalue weighted by Gasteiger charge is 2.24. The Hall–Kier alpha value is -2.90. The summed E-state index contributed by atoms with van der Waals surface area (Å²) in [6, 6.07) is 7.98. The maximum atomic E-state index is 12.8. The smallest absolute Gasteiger partial charge is 0.243 e. The molecule has 0 fully saturated rings. The molecule has 172 valence electrons. The van der Waals surface area contributed by atoms with Crippen LogP contribution in [0.3, 0.4) is 0 Å². The zero-order valence-corrected chi connectivity index (χ0v) is 19.8. The number of thioether (sulfide) groups is 1. The van der Waals surface area contributed by atoms with E-state index < -0.39 is 15.3 Å². The summed E-state index contributed by atoms with van der Waals surface area (Å²) < 4.78 is 33.3. The maximum absolute atomic E-state index is 12.8. The van der Waals surface area contributed by atoms with Gasteiger partial charge in [0.25, 0.3) is 0 Å². The zero-order valence-electron chi connectivity index (χ0n) is 18.1. The molecular formula is C19H25N7O4S2. The van der Waals surface area contributed by atoms with Crippen molar-refractivity contribution in [2.45, 2.75) is 43.0 Å². The van der Waals surface area contributed by atoms with Gasteiger partial charge in [0, 0.05) is 24.7 Å². The number of hydrogen-bond acceptors (Lipinski definition) is 9. The van der Waals surface area contributed by atoms with E-state index in [-0.39, 0.29) is 22.5 Å². The monoisotopic (exact) mass is 479 g/mol. The van der Waals surface area contributed by atoms with Crippen molar-refractivity contribution >= 4 is 33.6 Å². The van der Waals surface area contributed by atoms with Gasteiger partial charge < -0.3 is 10.4 Å². The highest BCUT2D eigenvalue weighted by Crippen LogP contribution is 2.27. The fourth-order valence-electron chi connectivity index (χ4n) is 2.92. The molecule has 0 saturated carbocycles. The van der Waals surface area contributed by atoms with Crippen LogP contribution in [0.15, 0.2) is 44.9 Å². The fourth-order valence-corrected chi connectivity index (χ4v) is 5.19. The van der Waals surface area contributed by atoms with Crippen LogP contribution in [-0.2, 0) is 14.8 Å². The van der Waals surface area contributed by atoms with E-state index in [4.69, 9.17) is 10.4 Å². The van der Waals surface area contributed by atoms with Gasteiger partial charge >= 0.3 is 0 Å². The van der Waals surface area contributed by atoms with Crippen LogP contribution in [0.4, 0.5) is 5.88 Å². The molecule has 11 nitrogen and oxygen atoms in total. The van der Waals surface area contributed by atoms with E-state index in [0.29, 0.717) is 29.5 Å². The predicted molar refractivity (Wildman–Crippen MR) is 121 cm³/mol. The van der Waals surface area contributed by atoms with Crippen molar-refractivity contribution in [1.82, 2.24) is 24.3 Å². The van der Waals surface area contributed by atoms with E-state index in [0.717, 1.165) is 11.8 Å². The zero-order chi connectivity index (χ0) is 23.5. The third-order valence-electron chi connectivity index (χ3n) is 4.63. The normalized spacial score (nSPS) is 12.8. The summed E-state index contributed by atoms with van der Waals surface area (Å²) in [7, 11) is -3.63. The molecule has 3 aromatic rings. The van der Waals surface area contributed by atoms with Crippen LogP contribution < -0.4 is 11.2 Å². The average molecular weight is 480 g/mol. The summed E-state index contributed by atoms with van der Waals surface area (Å²) in [5, 5.41) is 14.2. The first-order chi connectivity index (χ1) is 15.2. The lowest BCUT2D eigenvalue weighted by molar-refractivity contribution is -0.115. The summed E-state index contributed by atoms with van der Waals surface area (Å²) in [6.45, 7) is 7.74. The molecule has 32 heavy (non-hydrogen) atoms. The Balaban J connectivity index is 1.79. The molecule has 2 aromatic heterocycles. The highest BCUT2D eigenvalue weighted by atomic mass is 32.2. The fraction of sp³-hybridized carbons (Fsp3) is 0.368. The number of aromatic nitrogens is 4. The van der Waals surface area contributed by atoms with E-state index in [1.165, 1.54) is 21.1 Å². The number of carbonyl (C=O) groups excluding carboxylic acids is 1. The van der Waals surface area contributed by atoms with Crippen molar-refractivity contribution in [1.29, 1.82) is 0 Å². The number of hydrogen-bond donors (Lipinski definition) is 2. The van der Waals surface area contributed by atoms with Gasteiger partial charge in [-0.3, -0.25) is 10.1 Å². The second kappa shape index (κ2) is 9.71. The van der Waals surface area contributed by atoms with E-state index in [2.05, 4.69) is 20.7 Å². The lowest BCUT2D eigenvalue weighted by atomic mass is 10.2. The number of nitrogens with two attached hydrogens (primary N) is 1. The van der Waals surface area contributed by atoms with Crippen LogP contribution in [0.5, 0.6) is 0 Å². The summed E-state index contributed by atoms with van der Waals surface area (Å²) in [5.74, 6) is 6.38. The molecule has 0 spiro atoms. The average Bonchev–Trinajstić information content (AvgIpc) is 3.34. The number of rotatable bonds is 9. The van der Waals surface area contributed by atoms with Crippen molar-refractivity contribution in [2.75, 3.05) is 24.2 Å². The number of benzene rings is 1. The summed E-state index contributed by atoms with van der Waals surface area (Å²) in [6.07, 6.45) is 0. The molecule has 1 unspecified atom stereocenters. The number of anilines is 1. The molecule has 2 heterocycles. The highest BCUT2D eigenvalue weighted by molar-refractivity contribution is 8.00. The van der Waals surface area contributed by atoms with Gasteiger partial charge in [0.2, 0.25) is 27.0 Å². The van der Waals surface area contributed by atoms with Gasteiger partial charge in [-0.25, -0.2) is 13.1 Å². The molecule has 1 amide bonds. The first kappa shape index (κ1) is 23.8. The molecule has 0 aliphatic heterocycles. The van der Waals surface area contributed by atoms with E-state index in [9.17, 15) is 13.2 Å². The lowest BCUT2D eigenvalue weighted by Crippen LogP contribution is -2.30. The first-order valence-electron chi connectivity index (χ1n) is 9.89.